The normalized spacial score (nSPS) is 13.4. The predicted octanol–water partition coefficient (Wildman–Crippen LogP) is 7.49. The summed E-state index contributed by atoms with van der Waals surface area (Å²) in [5.41, 5.74) is 1.52. The van der Waals surface area contributed by atoms with Gasteiger partial charge in [-0.2, -0.15) is 13.2 Å². The first kappa shape index (κ1) is 23.5. The van der Waals surface area contributed by atoms with Gasteiger partial charge in [0.1, 0.15) is 11.6 Å². The van der Waals surface area contributed by atoms with E-state index in [0.29, 0.717) is 36.8 Å². The van der Waals surface area contributed by atoms with Crippen molar-refractivity contribution in [1.29, 1.82) is 0 Å². The molecule has 0 saturated carbocycles. The summed E-state index contributed by atoms with van der Waals surface area (Å²) in [7, 11) is 0. The molecule has 0 fully saturated rings. The Bertz CT molecular complexity index is 1090. The summed E-state index contributed by atoms with van der Waals surface area (Å²) in [5, 5.41) is 0. The van der Waals surface area contributed by atoms with Crippen molar-refractivity contribution in [3.05, 3.63) is 106 Å². The zero-order valence-corrected chi connectivity index (χ0v) is 17.6. The van der Waals surface area contributed by atoms with Gasteiger partial charge < -0.3 is 0 Å². The van der Waals surface area contributed by atoms with Crippen molar-refractivity contribution in [2.24, 2.45) is 0 Å². The highest BCUT2D eigenvalue weighted by molar-refractivity contribution is 5.36. The quantitative estimate of drug-likeness (QED) is 0.263. The molecule has 0 radical (unpaired) electrons. The highest BCUT2D eigenvalue weighted by atomic mass is 19.4. The highest BCUT2D eigenvalue weighted by Gasteiger charge is 2.31. The molecule has 0 spiro atoms. The molecule has 5 heteroatoms. The molecular formula is C27H23F5. The van der Waals surface area contributed by atoms with Gasteiger partial charge in [-0.1, -0.05) is 42.3 Å². The number of alkyl halides is 3. The third-order valence-corrected chi connectivity index (χ3v) is 5.73. The van der Waals surface area contributed by atoms with Gasteiger partial charge in [0, 0.05) is 6.42 Å². The van der Waals surface area contributed by atoms with Crippen LogP contribution in [-0.2, 0) is 24.4 Å². The fourth-order valence-electron chi connectivity index (χ4n) is 3.71. The van der Waals surface area contributed by atoms with Gasteiger partial charge in [-0.05, 0) is 78.8 Å². The van der Waals surface area contributed by atoms with Crippen LogP contribution in [0, 0.1) is 24.0 Å². The first-order valence-corrected chi connectivity index (χ1v) is 10.3. The van der Waals surface area contributed by atoms with E-state index in [0.717, 1.165) is 23.3 Å². The topological polar surface area (TPSA) is 0 Å². The van der Waals surface area contributed by atoms with Crippen LogP contribution in [0.15, 0.2) is 66.7 Å². The minimum absolute atomic E-state index is 0.323. The van der Waals surface area contributed by atoms with Crippen molar-refractivity contribution in [3.63, 3.8) is 0 Å². The molecular weight excluding hydrogens is 419 g/mol. The SMILES string of the molecule is C#CC(C)(CCCc1ccc(F)c(Cc2ccc(F)cc2)c1)c1ccc(C(F)(F)F)cc1. The van der Waals surface area contributed by atoms with E-state index >= 15 is 0 Å². The molecule has 0 aliphatic rings. The summed E-state index contributed by atoms with van der Waals surface area (Å²) in [6.07, 6.45) is 3.60. The molecule has 1 atom stereocenters. The Balaban J connectivity index is 1.67. The minimum atomic E-state index is -4.39. The maximum absolute atomic E-state index is 14.3. The Morgan fingerprint density at radius 1 is 0.812 bits per heavy atom. The van der Waals surface area contributed by atoms with Crippen molar-refractivity contribution in [3.8, 4) is 12.3 Å². The second-order valence-electron chi connectivity index (χ2n) is 8.13. The van der Waals surface area contributed by atoms with Crippen LogP contribution in [0.2, 0.25) is 0 Å². The molecule has 0 nitrogen and oxygen atoms in total. The van der Waals surface area contributed by atoms with E-state index in [9.17, 15) is 22.0 Å². The van der Waals surface area contributed by atoms with Crippen LogP contribution in [0.3, 0.4) is 0 Å². The van der Waals surface area contributed by atoms with Crippen molar-refractivity contribution >= 4 is 0 Å². The average molecular weight is 442 g/mol. The van der Waals surface area contributed by atoms with E-state index in [4.69, 9.17) is 6.42 Å². The molecule has 0 N–H and O–H groups in total. The van der Waals surface area contributed by atoms with Crippen LogP contribution in [-0.4, -0.2) is 0 Å². The lowest BCUT2D eigenvalue weighted by Gasteiger charge is -2.25. The molecule has 32 heavy (non-hydrogen) atoms. The zero-order chi connectivity index (χ0) is 23.4. The second kappa shape index (κ2) is 9.56. The number of aryl methyl sites for hydroxylation is 1. The van der Waals surface area contributed by atoms with E-state index in [2.05, 4.69) is 5.92 Å². The van der Waals surface area contributed by atoms with Gasteiger partial charge in [-0.3, -0.25) is 0 Å². The lowest BCUT2D eigenvalue weighted by Crippen LogP contribution is -2.20. The Hall–Kier alpha value is -3.13. The fourth-order valence-corrected chi connectivity index (χ4v) is 3.71. The Morgan fingerprint density at radius 3 is 2.00 bits per heavy atom. The summed E-state index contributed by atoms with van der Waals surface area (Å²) in [5.74, 6) is 2.06. The molecule has 3 aromatic rings. The molecule has 0 bridgehead atoms. The summed E-state index contributed by atoms with van der Waals surface area (Å²) in [6.45, 7) is 1.83. The molecule has 0 aliphatic heterocycles. The molecule has 1 unspecified atom stereocenters. The molecule has 0 aliphatic carbocycles. The highest BCUT2D eigenvalue weighted by Crippen LogP contribution is 2.33. The van der Waals surface area contributed by atoms with Crippen LogP contribution < -0.4 is 0 Å². The fraction of sp³-hybridized carbons (Fsp3) is 0.259. The third-order valence-electron chi connectivity index (χ3n) is 5.73. The maximum Gasteiger partial charge on any atom is 0.416 e. The van der Waals surface area contributed by atoms with Crippen LogP contribution in [0.25, 0.3) is 0 Å². The van der Waals surface area contributed by atoms with Crippen molar-refractivity contribution in [2.45, 2.75) is 44.2 Å². The number of hydrogen-bond acceptors (Lipinski definition) is 0. The van der Waals surface area contributed by atoms with Crippen molar-refractivity contribution in [1.82, 2.24) is 0 Å². The van der Waals surface area contributed by atoms with Gasteiger partial charge in [-0.25, -0.2) is 8.78 Å². The zero-order valence-electron chi connectivity index (χ0n) is 17.6. The molecule has 166 valence electrons. The minimum Gasteiger partial charge on any atom is -0.207 e. The molecule has 3 rings (SSSR count). The monoisotopic (exact) mass is 442 g/mol. The van der Waals surface area contributed by atoms with Gasteiger partial charge in [0.25, 0.3) is 0 Å². The van der Waals surface area contributed by atoms with Gasteiger partial charge in [0.15, 0.2) is 0 Å². The first-order chi connectivity index (χ1) is 15.1. The number of benzene rings is 3. The van der Waals surface area contributed by atoms with E-state index < -0.39 is 17.2 Å². The van der Waals surface area contributed by atoms with Crippen LogP contribution in [0.1, 0.15) is 47.6 Å². The smallest absolute Gasteiger partial charge is 0.207 e. The second-order valence-corrected chi connectivity index (χ2v) is 8.13. The molecule has 0 aromatic heterocycles. The number of terminal acetylenes is 1. The molecule has 3 aromatic carbocycles. The standard InChI is InChI=1S/C27H23F5/c1-3-26(2,22-9-11-23(12-10-22)27(30,31)32)16-4-5-19-8-15-25(29)21(17-19)18-20-6-13-24(28)14-7-20/h1,6-15,17H,4-5,16,18H2,2H3. The average Bonchev–Trinajstić information content (AvgIpc) is 2.77. The van der Waals surface area contributed by atoms with E-state index in [-0.39, 0.29) is 11.6 Å². The molecule has 0 heterocycles. The summed E-state index contributed by atoms with van der Waals surface area (Å²) >= 11 is 0. The van der Waals surface area contributed by atoms with Gasteiger partial charge in [-0.15, -0.1) is 6.42 Å². The predicted molar refractivity (Wildman–Crippen MR) is 116 cm³/mol. The maximum atomic E-state index is 14.3. The lowest BCUT2D eigenvalue weighted by atomic mass is 9.78. The van der Waals surface area contributed by atoms with Crippen LogP contribution in [0.4, 0.5) is 22.0 Å². The van der Waals surface area contributed by atoms with Crippen LogP contribution >= 0.6 is 0 Å². The summed E-state index contributed by atoms with van der Waals surface area (Å²) < 4.78 is 65.8. The number of rotatable bonds is 7. The van der Waals surface area contributed by atoms with Gasteiger partial charge >= 0.3 is 6.18 Å². The lowest BCUT2D eigenvalue weighted by molar-refractivity contribution is -0.137. The van der Waals surface area contributed by atoms with E-state index in [1.807, 2.05) is 6.92 Å². The number of hydrogen-bond donors (Lipinski definition) is 0. The Kier molecular flexibility index (Phi) is 7.03. The van der Waals surface area contributed by atoms with Crippen molar-refractivity contribution < 1.29 is 22.0 Å². The first-order valence-electron chi connectivity index (χ1n) is 10.3. The van der Waals surface area contributed by atoms with Gasteiger partial charge in [0.05, 0.1) is 11.0 Å². The third kappa shape index (κ3) is 5.76. The van der Waals surface area contributed by atoms with Crippen LogP contribution in [0.5, 0.6) is 0 Å². The van der Waals surface area contributed by atoms with E-state index in [1.165, 1.54) is 30.3 Å². The Morgan fingerprint density at radius 2 is 1.41 bits per heavy atom. The Labute approximate surface area is 185 Å². The number of halogens is 5. The molecule has 0 amide bonds. The van der Waals surface area contributed by atoms with E-state index in [1.54, 1.807) is 24.3 Å². The summed E-state index contributed by atoms with van der Waals surface area (Å²) in [4.78, 5) is 0. The van der Waals surface area contributed by atoms with Crippen molar-refractivity contribution in [2.75, 3.05) is 0 Å². The molecule has 0 saturated heterocycles. The summed E-state index contributed by atoms with van der Waals surface area (Å²) in [6, 6.07) is 15.8. The largest absolute Gasteiger partial charge is 0.416 e. The van der Waals surface area contributed by atoms with Gasteiger partial charge in [0.2, 0.25) is 0 Å².